The number of nitrogens with one attached hydrogen (secondary N) is 1. The second kappa shape index (κ2) is 6.93. The van der Waals surface area contributed by atoms with E-state index in [2.05, 4.69) is 20.2 Å². The minimum Gasteiger partial charge on any atom is -0.368 e. The molecule has 1 N–H and O–H groups in total. The van der Waals surface area contributed by atoms with Crippen LogP contribution in [0.2, 0.25) is 5.15 Å². The van der Waals surface area contributed by atoms with Gasteiger partial charge in [0.2, 0.25) is 0 Å². The van der Waals surface area contributed by atoms with Crippen molar-refractivity contribution in [2.75, 3.05) is 31.5 Å². The smallest absolute Gasteiger partial charge is 0.137 e. The van der Waals surface area contributed by atoms with Crippen LogP contribution in [0.1, 0.15) is 55.8 Å². The van der Waals surface area contributed by atoms with Crippen LogP contribution in [0.5, 0.6) is 0 Å². The second-order valence-electron chi connectivity index (χ2n) is 6.30. The first-order valence-electron chi connectivity index (χ1n) is 8.24. The Morgan fingerprint density at radius 2 is 1.86 bits per heavy atom. The number of anilines is 1. The van der Waals surface area contributed by atoms with E-state index in [1.54, 1.807) is 0 Å². The average Bonchev–Trinajstić information content (AvgIpc) is 3.30. The topological polar surface area (TPSA) is 41.1 Å². The highest BCUT2D eigenvalue weighted by Crippen LogP contribution is 2.39. The van der Waals surface area contributed by atoms with Gasteiger partial charge in [-0.3, -0.25) is 0 Å². The van der Waals surface area contributed by atoms with Gasteiger partial charge >= 0.3 is 0 Å². The van der Waals surface area contributed by atoms with Gasteiger partial charge in [0.25, 0.3) is 0 Å². The van der Waals surface area contributed by atoms with E-state index in [4.69, 9.17) is 11.6 Å². The molecule has 5 heteroatoms. The Hall–Kier alpha value is -0.870. The van der Waals surface area contributed by atoms with Crippen LogP contribution in [0.25, 0.3) is 0 Å². The van der Waals surface area contributed by atoms with E-state index < -0.39 is 0 Å². The lowest BCUT2D eigenvalue weighted by Gasteiger charge is -2.20. The summed E-state index contributed by atoms with van der Waals surface area (Å²) in [6, 6.07) is 0. The van der Waals surface area contributed by atoms with Crippen molar-refractivity contribution in [1.29, 1.82) is 0 Å². The molecule has 0 aromatic carbocycles. The van der Waals surface area contributed by atoms with Crippen molar-refractivity contribution >= 4 is 17.4 Å². The summed E-state index contributed by atoms with van der Waals surface area (Å²) in [5.41, 5.74) is 0.969. The molecule has 2 fully saturated rings. The number of aromatic nitrogens is 2. The molecular weight excluding hydrogens is 284 g/mol. The third-order valence-corrected chi connectivity index (χ3v) is 4.83. The summed E-state index contributed by atoms with van der Waals surface area (Å²) in [6.45, 7) is 6.47. The molecule has 0 atom stereocenters. The second-order valence-corrected chi connectivity index (χ2v) is 6.66. The normalized spacial score (nSPS) is 20.3. The van der Waals surface area contributed by atoms with Crippen LogP contribution in [-0.4, -0.2) is 41.0 Å². The van der Waals surface area contributed by atoms with Crippen LogP contribution < -0.4 is 5.32 Å². The summed E-state index contributed by atoms with van der Waals surface area (Å²) in [7, 11) is 0. The van der Waals surface area contributed by atoms with Crippen LogP contribution in [0.3, 0.4) is 0 Å². The van der Waals surface area contributed by atoms with E-state index in [0.717, 1.165) is 30.3 Å². The number of rotatable bonds is 5. The zero-order valence-corrected chi connectivity index (χ0v) is 13.6. The molecule has 1 aliphatic heterocycles. The molecule has 0 bridgehead atoms. The summed E-state index contributed by atoms with van der Waals surface area (Å²) in [5.74, 6) is 2.38. The maximum atomic E-state index is 6.24. The van der Waals surface area contributed by atoms with Gasteiger partial charge in [-0.1, -0.05) is 24.4 Å². The number of hydrogen-bond acceptors (Lipinski definition) is 4. The first-order valence-corrected chi connectivity index (χ1v) is 8.62. The fraction of sp³-hybridized carbons (Fsp3) is 0.750. The summed E-state index contributed by atoms with van der Waals surface area (Å²) >= 11 is 6.24. The largest absolute Gasteiger partial charge is 0.368 e. The minimum atomic E-state index is 0.536. The van der Waals surface area contributed by atoms with Gasteiger partial charge in [-0.05, 0) is 45.7 Å². The standard InChI is InChI=1S/C16H25ClN4/c1-12-14(17)19-16(13-6-7-13)20-15(12)18-8-11-21-9-4-2-3-5-10-21/h13H,2-11H2,1H3,(H,18,19,20). The molecule has 2 heterocycles. The van der Waals surface area contributed by atoms with E-state index in [1.807, 2.05) is 6.92 Å². The predicted octanol–water partition coefficient (Wildman–Crippen LogP) is 3.60. The van der Waals surface area contributed by atoms with Crippen LogP contribution in [0.4, 0.5) is 5.82 Å². The van der Waals surface area contributed by atoms with Crippen molar-refractivity contribution in [3.05, 3.63) is 16.5 Å². The molecule has 1 saturated carbocycles. The third-order valence-electron chi connectivity index (χ3n) is 4.47. The van der Waals surface area contributed by atoms with Gasteiger partial charge < -0.3 is 10.2 Å². The van der Waals surface area contributed by atoms with Gasteiger partial charge in [-0.25, -0.2) is 9.97 Å². The molecule has 116 valence electrons. The van der Waals surface area contributed by atoms with Crippen molar-refractivity contribution in [3.8, 4) is 0 Å². The first kappa shape index (κ1) is 15.0. The Morgan fingerprint density at radius 1 is 1.14 bits per heavy atom. The lowest BCUT2D eigenvalue weighted by molar-refractivity contribution is 0.296. The zero-order chi connectivity index (χ0) is 14.7. The van der Waals surface area contributed by atoms with Gasteiger partial charge in [0.05, 0.1) is 0 Å². The van der Waals surface area contributed by atoms with Gasteiger partial charge in [-0.2, -0.15) is 0 Å². The molecule has 0 radical (unpaired) electrons. The van der Waals surface area contributed by atoms with Crippen molar-refractivity contribution in [1.82, 2.24) is 14.9 Å². The fourth-order valence-corrected chi connectivity index (χ4v) is 3.07. The van der Waals surface area contributed by atoms with Crippen molar-refractivity contribution in [3.63, 3.8) is 0 Å². The van der Waals surface area contributed by atoms with Gasteiger partial charge in [0, 0.05) is 24.6 Å². The SMILES string of the molecule is Cc1c(Cl)nc(C2CC2)nc1NCCN1CCCCCC1. The number of hydrogen-bond donors (Lipinski definition) is 1. The number of likely N-dealkylation sites (tertiary alicyclic amines) is 1. The highest BCUT2D eigenvalue weighted by atomic mass is 35.5. The molecule has 0 spiro atoms. The monoisotopic (exact) mass is 308 g/mol. The molecule has 1 aromatic rings. The maximum absolute atomic E-state index is 6.24. The Morgan fingerprint density at radius 3 is 2.52 bits per heavy atom. The lowest BCUT2D eigenvalue weighted by atomic mass is 10.2. The molecular formula is C16H25ClN4. The quantitative estimate of drug-likeness (QED) is 0.844. The van der Waals surface area contributed by atoms with E-state index in [-0.39, 0.29) is 0 Å². The Labute approximate surface area is 132 Å². The molecule has 1 aliphatic carbocycles. The van der Waals surface area contributed by atoms with Crippen LogP contribution in [0, 0.1) is 6.92 Å². The van der Waals surface area contributed by atoms with Gasteiger partial charge in [-0.15, -0.1) is 0 Å². The van der Waals surface area contributed by atoms with Gasteiger partial charge in [0.1, 0.15) is 16.8 Å². The van der Waals surface area contributed by atoms with E-state index in [9.17, 15) is 0 Å². The Bertz CT molecular complexity index is 479. The summed E-state index contributed by atoms with van der Waals surface area (Å²) in [4.78, 5) is 11.6. The van der Waals surface area contributed by atoms with E-state index in [1.165, 1.54) is 51.6 Å². The van der Waals surface area contributed by atoms with Crippen molar-refractivity contribution in [2.24, 2.45) is 0 Å². The molecule has 2 aliphatic rings. The summed E-state index contributed by atoms with van der Waals surface area (Å²) in [6.07, 6.45) is 7.85. The fourth-order valence-electron chi connectivity index (χ4n) is 2.89. The highest BCUT2D eigenvalue weighted by Gasteiger charge is 2.28. The van der Waals surface area contributed by atoms with Crippen LogP contribution in [-0.2, 0) is 0 Å². The Balaban J connectivity index is 1.56. The molecule has 4 nitrogen and oxygen atoms in total. The number of nitrogens with zero attached hydrogens (tertiary/aromatic N) is 3. The highest BCUT2D eigenvalue weighted by molar-refractivity contribution is 6.30. The summed E-state index contributed by atoms with van der Waals surface area (Å²) in [5, 5.41) is 4.07. The third kappa shape index (κ3) is 4.07. The molecule has 21 heavy (non-hydrogen) atoms. The molecule has 0 unspecified atom stereocenters. The predicted molar refractivity (Wildman–Crippen MR) is 87.2 cm³/mol. The average molecular weight is 309 g/mol. The molecule has 3 rings (SSSR count). The summed E-state index contributed by atoms with van der Waals surface area (Å²) < 4.78 is 0. The zero-order valence-electron chi connectivity index (χ0n) is 12.9. The number of halogens is 1. The lowest BCUT2D eigenvalue weighted by Crippen LogP contribution is -2.30. The van der Waals surface area contributed by atoms with Gasteiger partial charge in [0.15, 0.2) is 0 Å². The van der Waals surface area contributed by atoms with Crippen molar-refractivity contribution < 1.29 is 0 Å². The minimum absolute atomic E-state index is 0.536. The maximum Gasteiger partial charge on any atom is 0.137 e. The van der Waals surface area contributed by atoms with E-state index >= 15 is 0 Å². The van der Waals surface area contributed by atoms with Crippen LogP contribution in [0.15, 0.2) is 0 Å². The molecule has 0 amide bonds. The Kier molecular flexibility index (Phi) is 4.96. The van der Waals surface area contributed by atoms with Crippen LogP contribution >= 0.6 is 11.6 Å². The van der Waals surface area contributed by atoms with E-state index in [0.29, 0.717) is 11.1 Å². The first-order chi connectivity index (χ1) is 10.2. The van der Waals surface area contributed by atoms with Crippen molar-refractivity contribution in [2.45, 2.75) is 51.4 Å². The molecule has 1 saturated heterocycles. The molecule has 1 aromatic heterocycles.